The SMILES string of the molecule is c1ccc(Nc2ccccc2-c2coc3ccccc23)cc1. The van der Waals surface area contributed by atoms with Crippen molar-refractivity contribution in [1.82, 2.24) is 0 Å². The van der Waals surface area contributed by atoms with Crippen LogP contribution in [0.2, 0.25) is 0 Å². The van der Waals surface area contributed by atoms with Crippen LogP contribution in [0.4, 0.5) is 11.4 Å². The van der Waals surface area contributed by atoms with E-state index in [9.17, 15) is 0 Å². The topological polar surface area (TPSA) is 25.2 Å². The van der Waals surface area contributed by atoms with Crippen LogP contribution in [0.15, 0.2) is 89.5 Å². The molecule has 0 saturated carbocycles. The van der Waals surface area contributed by atoms with Crippen molar-refractivity contribution < 1.29 is 4.42 Å². The molecule has 0 aliphatic heterocycles. The van der Waals surface area contributed by atoms with Crippen LogP contribution in [0.1, 0.15) is 0 Å². The molecule has 0 unspecified atom stereocenters. The Bertz CT molecular complexity index is 909. The molecule has 0 spiro atoms. The van der Waals surface area contributed by atoms with Gasteiger partial charge in [0.2, 0.25) is 0 Å². The molecule has 4 rings (SSSR count). The molecule has 22 heavy (non-hydrogen) atoms. The summed E-state index contributed by atoms with van der Waals surface area (Å²) in [6.45, 7) is 0. The lowest BCUT2D eigenvalue weighted by atomic mass is 10.0. The fourth-order valence-corrected chi connectivity index (χ4v) is 2.69. The molecule has 2 heteroatoms. The second kappa shape index (κ2) is 5.41. The van der Waals surface area contributed by atoms with E-state index in [0.29, 0.717) is 0 Å². The average Bonchev–Trinajstić information content (AvgIpc) is 3.00. The molecule has 1 aromatic heterocycles. The van der Waals surface area contributed by atoms with E-state index in [1.807, 2.05) is 54.8 Å². The summed E-state index contributed by atoms with van der Waals surface area (Å²) in [6, 6.07) is 26.6. The molecule has 1 N–H and O–H groups in total. The summed E-state index contributed by atoms with van der Waals surface area (Å²) in [5.74, 6) is 0. The average molecular weight is 285 g/mol. The molecule has 106 valence electrons. The van der Waals surface area contributed by atoms with E-state index >= 15 is 0 Å². The summed E-state index contributed by atoms with van der Waals surface area (Å²) in [6.07, 6.45) is 1.83. The van der Waals surface area contributed by atoms with E-state index in [2.05, 4.69) is 35.6 Å². The summed E-state index contributed by atoms with van der Waals surface area (Å²) in [7, 11) is 0. The van der Waals surface area contributed by atoms with E-state index in [4.69, 9.17) is 4.42 Å². The zero-order valence-electron chi connectivity index (χ0n) is 12.0. The molecule has 0 fully saturated rings. The van der Waals surface area contributed by atoms with Gasteiger partial charge in [-0.15, -0.1) is 0 Å². The molecule has 0 saturated heterocycles. The Morgan fingerprint density at radius 3 is 2.27 bits per heavy atom. The van der Waals surface area contributed by atoms with Gasteiger partial charge in [-0.25, -0.2) is 0 Å². The van der Waals surface area contributed by atoms with Crippen molar-refractivity contribution in [3.05, 3.63) is 85.1 Å². The normalized spacial score (nSPS) is 10.7. The van der Waals surface area contributed by atoms with Gasteiger partial charge < -0.3 is 9.73 Å². The number of hydrogen-bond acceptors (Lipinski definition) is 2. The van der Waals surface area contributed by atoms with Gasteiger partial charge in [-0.1, -0.05) is 54.6 Å². The van der Waals surface area contributed by atoms with E-state index in [1.165, 1.54) is 0 Å². The van der Waals surface area contributed by atoms with Gasteiger partial charge in [-0.2, -0.15) is 0 Å². The first kappa shape index (κ1) is 12.7. The smallest absolute Gasteiger partial charge is 0.134 e. The molecular weight excluding hydrogens is 270 g/mol. The minimum atomic E-state index is 0.909. The Morgan fingerprint density at radius 2 is 1.36 bits per heavy atom. The number of furan rings is 1. The Kier molecular flexibility index (Phi) is 3.13. The number of rotatable bonds is 3. The van der Waals surface area contributed by atoms with Crippen molar-refractivity contribution in [2.24, 2.45) is 0 Å². The van der Waals surface area contributed by atoms with Crippen LogP contribution in [0, 0.1) is 0 Å². The number of benzene rings is 3. The maximum Gasteiger partial charge on any atom is 0.134 e. The second-order valence-electron chi connectivity index (χ2n) is 5.18. The third kappa shape index (κ3) is 2.25. The Hall–Kier alpha value is -3.00. The second-order valence-corrected chi connectivity index (χ2v) is 5.18. The molecule has 0 radical (unpaired) electrons. The highest BCUT2D eigenvalue weighted by Gasteiger charge is 2.11. The van der Waals surface area contributed by atoms with Crippen molar-refractivity contribution in [1.29, 1.82) is 0 Å². The predicted molar refractivity (Wildman–Crippen MR) is 91.4 cm³/mol. The highest BCUT2D eigenvalue weighted by Crippen LogP contribution is 2.36. The fourth-order valence-electron chi connectivity index (χ4n) is 2.69. The molecule has 3 aromatic carbocycles. The summed E-state index contributed by atoms with van der Waals surface area (Å²) in [4.78, 5) is 0. The fraction of sp³-hybridized carbons (Fsp3) is 0. The molecule has 0 bridgehead atoms. The highest BCUT2D eigenvalue weighted by atomic mass is 16.3. The van der Waals surface area contributed by atoms with Crippen LogP contribution in [0.5, 0.6) is 0 Å². The predicted octanol–water partition coefficient (Wildman–Crippen LogP) is 5.84. The zero-order chi connectivity index (χ0) is 14.8. The molecule has 0 aliphatic rings. The van der Waals surface area contributed by atoms with Crippen LogP contribution in [-0.2, 0) is 0 Å². The van der Waals surface area contributed by atoms with Gasteiger partial charge in [0.15, 0.2) is 0 Å². The summed E-state index contributed by atoms with van der Waals surface area (Å²) < 4.78 is 5.68. The van der Waals surface area contributed by atoms with Crippen molar-refractivity contribution in [3.63, 3.8) is 0 Å². The molecule has 1 heterocycles. The van der Waals surface area contributed by atoms with E-state index in [0.717, 1.165) is 33.5 Å². The van der Waals surface area contributed by atoms with Crippen molar-refractivity contribution >= 4 is 22.3 Å². The van der Waals surface area contributed by atoms with Crippen LogP contribution in [0.25, 0.3) is 22.1 Å². The summed E-state index contributed by atoms with van der Waals surface area (Å²) >= 11 is 0. The largest absolute Gasteiger partial charge is 0.464 e. The van der Waals surface area contributed by atoms with Gasteiger partial charge in [0.1, 0.15) is 5.58 Å². The summed E-state index contributed by atoms with van der Waals surface area (Å²) in [5.41, 5.74) is 5.29. The van der Waals surface area contributed by atoms with Crippen molar-refractivity contribution in [2.45, 2.75) is 0 Å². The first-order valence-corrected chi connectivity index (χ1v) is 7.29. The molecule has 0 atom stereocenters. The first-order valence-electron chi connectivity index (χ1n) is 7.29. The van der Waals surface area contributed by atoms with E-state index in [-0.39, 0.29) is 0 Å². The maximum atomic E-state index is 5.68. The van der Waals surface area contributed by atoms with Crippen LogP contribution in [-0.4, -0.2) is 0 Å². The van der Waals surface area contributed by atoms with E-state index < -0.39 is 0 Å². The zero-order valence-corrected chi connectivity index (χ0v) is 12.0. The van der Waals surface area contributed by atoms with Gasteiger partial charge >= 0.3 is 0 Å². The molecular formula is C20H15NO. The number of anilines is 2. The first-order chi connectivity index (χ1) is 10.9. The molecule has 2 nitrogen and oxygen atoms in total. The lowest BCUT2D eigenvalue weighted by molar-refractivity contribution is 0.617. The third-order valence-electron chi connectivity index (χ3n) is 3.75. The molecule has 4 aromatic rings. The Balaban J connectivity index is 1.82. The monoisotopic (exact) mass is 285 g/mol. The number of hydrogen-bond donors (Lipinski definition) is 1. The molecule has 0 amide bonds. The van der Waals surface area contributed by atoms with Gasteiger partial charge in [-0.3, -0.25) is 0 Å². The van der Waals surface area contributed by atoms with Gasteiger partial charge in [0.25, 0.3) is 0 Å². The molecule has 0 aliphatic carbocycles. The van der Waals surface area contributed by atoms with Gasteiger partial charge in [0.05, 0.1) is 6.26 Å². The Labute approximate surface area is 129 Å². The van der Waals surface area contributed by atoms with Gasteiger partial charge in [0, 0.05) is 27.9 Å². The lowest BCUT2D eigenvalue weighted by Crippen LogP contribution is -1.92. The standard InChI is InChI=1S/C20H15NO/c1-2-8-15(9-3-1)21-19-12-6-4-10-16(19)18-14-22-20-13-7-5-11-17(18)20/h1-14,21H. The third-order valence-corrected chi connectivity index (χ3v) is 3.75. The van der Waals surface area contributed by atoms with Crippen LogP contribution >= 0.6 is 0 Å². The number of nitrogens with one attached hydrogen (secondary N) is 1. The maximum absolute atomic E-state index is 5.68. The van der Waals surface area contributed by atoms with Crippen LogP contribution in [0.3, 0.4) is 0 Å². The minimum Gasteiger partial charge on any atom is -0.464 e. The number of para-hydroxylation sites is 3. The van der Waals surface area contributed by atoms with Crippen LogP contribution < -0.4 is 5.32 Å². The number of fused-ring (bicyclic) bond motifs is 1. The summed E-state index contributed by atoms with van der Waals surface area (Å²) in [5, 5.41) is 4.61. The van der Waals surface area contributed by atoms with Crippen molar-refractivity contribution in [3.8, 4) is 11.1 Å². The highest BCUT2D eigenvalue weighted by molar-refractivity contribution is 5.97. The quantitative estimate of drug-likeness (QED) is 0.511. The minimum absolute atomic E-state index is 0.909. The lowest BCUT2D eigenvalue weighted by Gasteiger charge is -2.11. The van der Waals surface area contributed by atoms with Gasteiger partial charge in [-0.05, 0) is 24.3 Å². The Morgan fingerprint density at radius 1 is 0.636 bits per heavy atom. The van der Waals surface area contributed by atoms with E-state index in [1.54, 1.807) is 0 Å². The van der Waals surface area contributed by atoms with Crippen molar-refractivity contribution in [2.75, 3.05) is 5.32 Å².